The van der Waals surface area contributed by atoms with Gasteiger partial charge in [0.25, 0.3) is 0 Å². The second-order valence-electron chi connectivity index (χ2n) is 6.64. The molecule has 0 aromatic heterocycles. The van der Waals surface area contributed by atoms with E-state index in [1.54, 1.807) is 6.07 Å². The van der Waals surface area contributed by atoms with E-state index in [2.05, 4.69) is 10.2 Å². The van der Waals surface area contributed by atoms with Crippen molar-refractivity contribution < 1.29 is 9.13 Å². The first-order valence-electron chi connectivity index (χ1n) is 8.59. The van der Waals surface area contributed by atoms with E-state index in [0.717, 1.165) is 25.4 Å². The molecule has 0 amide bonds. The van der Waals surface area contributed by atoms with Gasteiger partial charge in [0, 0.05) is 18.7 Å². The van der Waals surface area contributed by atoms with E-state index < -0.39 is 0 Å². The predicted molar refractivity (Wildman–Crippen MR) is 93.5 cm³/mol. The number of nitrogens with one attached hydrogen (secondary N) is 1. The van der Waals surface area contributed by atoms with Crippen LogP contribution in [0.1, 0.15) is 31.2 Å². The minimum Gasteiger partial charge on any atom is -0.372 e. The van der Waals surface area contributed by atoms with Gasteiger partial charge in [-0.2, -0.15) is 0 Å². The first kappa shape index (κ1) is 18.7. The molecule has 0 radical (unpaired) electrons. The minimum absolute atomic E-state index is 0. The van der Waals surface area contributed by atoms with Crippen LogP contribution in [0.4, 0.5) is 4.39 Å². The van der Waals surface area contributed by atoms with Gasteiger partial charge < -0.3 is 15.0 Å². The van der Waals surface area contributed by atoms with E-state index in [1.807, 2.05) is 12.1 Å². The Kier molecular flexibility index (Phi) is 7.77. The maximum atomic E-state index is 13.6. The van der Waals surface area contributed by atoms with Crippen molar-refractivity contribution in [1.29, 1.82) is 0 Å². The number of benzene rings is 1. The molecule has 2 aliphatic heterocycles. The fourth-order valence-electron chi connectivity index (χ4n) is 3.58. The van der Waals surface area contributed by atoms with Gasteiger partial charge >= 0.3 is 0 Å². The highest BCUT2D eigenvalue weighted by atomic mass is 35.5. The Morgan fingerprint density at radius 2 is 2.09 bits per heavy atom. The molecular weight excluding hydrogens is 315 g/mol. The molecule has 0 spiro atoms. The summed E-state index contributed by atoms with van der Waals surface area (Å²) in [7, 11) is 0. The zero-order valence-electron chi connectivity index (χ0n) is 13.7. The second-order valence-corrected chi connectivity index (χ2v) is 6.64. The van der Waals surface area contributed by atoms with Crippen molar-refractivity contribution in [3.8, 4) is 0 Å². The van der Waals surface area contributed by atoms with Crippen molar-refractivity contribution in [3.63, 3.8) is 0 Å². The lowest BCUT2D eigenvalue weighted by Gasteiger charge is -2.36. The van der Waals surface area contributed by atoms with Gasteiger partial charge in [0.05, 0.1) is 12.7 Å². The normalized spacial score (nSPS) is 25.8. The third-order valence-electron chi connectivity index (χ3n) is 4.81. The summed E-state index contributed by atoms with van der Waals surface area (Å²) in [4.78, 5) is 2.53. The number of ether oxygens (including phenoxy) is 1. The molecule has 0 aliphatic carbocycles. The average molecular weight is 343 g/mol. The van der Waals surface area contributed by atoms with Gasteiger partial charge in [0.15, 0.2) is 0 Å². The van der Waals surface area contributed by atoms with E-state index >= 15 is 0 Å². The number of halogens is 2. The van der Waals surface area contributed by atoms with Crippen molar-refractivity contribution >= 4 is 12.4 Å². The van der Waals surface area contributed by atoms with Gasteiger partial charge in [-0.25, -0.2) is 4.39 Å². The summed E-state index contributed by atoms with van der Waals surface area (Å²) >= 11 is 0. The molecule has 1 aromatic carbocycles. The Bertz CT molecular complexity index is 468. The summed E-state index contributed by atoms with van der Waals surface area (Å²) in [5, 5.41) is 3.49. The Morgan fingerprint density at radius 1 is 1.22 bits per heavy atom. The number of nitrogens with zero attached hydrogens (tertiary/aromatic N) is 1. The Morgan fingerprint density at radius 3 is 2.87 bits per heavy atom. The molecule has 0 saturated carbocycles. The Hall–Kier alpha value is -0.680. The second kappa shape index (κ2) is 9.58. The minimum atomic E-state index is -0.163. The zero-order chi connectivity index (χ0) is 15.2. The third-order valence-corrected chi connectivity index (χ3v) is 4.81. The van der Waals surface area contributed by atoms with Crippen LogP contribution in [-0.2, 0) is 11.3 Å². The summed E-state index contributed by atoms with van der Waals surface area (Å²) < 4.78 is 19.6. The summed E-state index contributed by atoms with van der Waals surface area (Å²) in [6.45, 7) is 6.05. The standard InChI is InChI=1S/C18H27FN2O.ClH/c19-18-8-2-1-6-16(18)14-22-17-7-4-10-21(13-17)12-15-5-3-9-20-11-15;/h1-2,6,8,15,17,20H,3-5,7,9-14H2;1H/t15?,17-;/m0./s1. The topological polar surface area (TPSA) is 24.5 Å². The lowest BCUT2D eigenvalue weighted by atomic mass is 9.97. The molecule has 2 fully saturated rings. The van der Waals surface area contributed by atoms with Crippen LogP contribution in [0.2, 0.25) is 0 Å². The highest BCUT2D eigenvalue weighted by Crippen LogP contribution is 2.19. The fourth-order valence-corrected chi connectivity index (χ4v) is 3.58. The molecule has 1 aromatic rings. The van der Waals surface area contributed by atoms with Crippen LogP contribution in [-0.4, -0.2) is 43.7 Å². The van der Waals surface area contributed by atoms with Crippen LogP contribution in [0.15, 0.2) is 24.3 Å². The van der Waals surface area contributed by atoms with Crippen LogP contribution in [0, 0.1) is 11.7 Å². The average Bonchev–Trinajstić information content (AvgIpc) is 2.55. The van der Waals surface area contributed by atoms with Crippen LogP contribution in [0.3, 0.4) is 0 Å². The van der Waals surface area contributed by atoms with Crippen LogP contribution >= 0.6 is 12.4 Å². The van der Waals surface area contributed by atoms with Gasteiger partial charge in [-0.15, -0.1) is 12.4 Å². The molecule has 23 heavy (non-hydrogen) atoms. The van der Waals surface area contributed by atoms with Gasteiger partial charge in [-0.05, 0) is 57.3 Å². The van der Waals surface area contributed by atoms with Crippen LogP contribution in [0.25, 0.3) is 0 Å². The highest BCUT2D eigenvalue weighted by Gasteiger charge is 2.23. The molecule has 1 unspecified atom stereocenters. The molecule has 3 nitrogen and oxygen atoms in total. The molecule has 2 heterocycles. The highest BCUT2D eigenvalue weighted by molar-refractivity contribution is 5.85. The van der Waals surface area contributed by atoms with E-state index in [1.165, 1.54) is 45.0 Å². The largest absolute Gasteiger partial charge is 0.372 e. The lowest BCUT2D eigenvalue weighted by molar-refractivity contribution is -0.0150. The molecular formula is C18H28ClFN2O. The number of hydrogen-bond acceptors (Lipinski definition) is 3. The quantitative estimate of drug-likeness (QED) is 0.889. The predicted octanol–water partition coefficient (Wildman–Crippen LogP) is 3.23. The van der Waals surface area contributed by atoms with Gasteiger partial charge in [0.2, 0.25) is 0 Å². The molecule has 0 bridgehead atoms. The third kappa shape index (κ3) is 5.71. The molecule has 1 N–H and O–H groups in total. The van der Waals surface area contributed by atoms with Crippen molar-refractivity contribution in [2.75, 3.05) is 32.7 Å². The van der Waals surface area contributed by atoms with Crippen LogP contribution in [0.5, 0.6) is 0 Å². The molecule has 2 atom stereocenters. The zero-order valence-corrected chi connectivity index (χ0v) is 14.5. The van der Waals surface area contributed by atoms with Gasteiger partial charge in [-0.1, -0.05) is 18.2 Å². The molecule has 3 rings (SSSR count). The number of hydrogen-bond donors (Lipinski definition) is 1. The summed E-state index contributed by atoms with van der Waals surface area (Å²) in [6, 6.07) is 6.90. The van der Waals surface area contributed by atoms with Crippen molar-refractivity contribution in [2.24, 2.45) is 5.92 Å². The molecule has 5 heteroatoms. The fraction of sp³-hybridized carbons (Fsp3) is 0.667. The molecule has 130 valence electrons. The SMILES string of the molecule is Cl.Fc1ccccc1CO[C@H]1CCCN(CC2CCCNC2)C1. The first-order valence-corrected chi connectivity index (χ1v) is 8.59. The number of piperidine rings is 2. The van der Waals surface area contributed by atoms with E-state index in [0.29, 0.717) is 12.2 Å². The maximum absolute atomic E-state index is 13.6. The van der Waals surface area contributed by atoms with Crippen molar-refractivity contribution in [2.45, 2.75) is 38.4 Å². The summed E-state index contributed by atoms with van der Waals surface area (Å²) in [5.74, 6) is 0.613. The number of rotatable bonds is 5. The van der Waals surface area contributed by atoms with E-state index in [-0.39, 0.29) is 24.3 Å². The molecule has 2 aliphatic rings. The van der Waals surface area contributed by atoms with Crippen molar-refractivity contribution in [3.05, 3.63) is 35.6 Å². The van der Waals surface area contributed by atoms with Gasteiger partial charge in [-0.3, -0.25) is 0 Å². The number of likely N-dealkylation sites (tertiary alicyclic amines) is 1. The van der Waals surface area contributed by atoms with E-state index in [9.17, 15) is 4.39 Å². The Balaban J connectivity index is 0.00000192. The molecule has 2 saturated heterocycles. The smallest absolute Gasteiger partial charge is 0.128 e. The van der Waals surface area contributed by atoms with E-state index in [4.69, 9.17) is 4.74 Å². The summed E-state index contributed by atoms with van der Waals surface area (Å²) in [5.41, 5.74) is 0.663. The van der Waals surface area contributed by atoms with Gasteiger partial charge in [0.1, 0.15) is 5.82 Å². The monoisotopic (exact) mass is 342 g/mol. The maximum Gasteiger partial charge on any atom is 0.128 e. The summed E-state index contributed by atoms with van der Waals surface area (Å²) in [6.07, 6.45) is 5.15. The Labute approximate surface area is 145 Å². The van der Waals surface area contributed by atoms with Crippen molar-refractivity contribution in [1.82, 2.24) is 10.2 Å². The first-order chi connectivity index (χ1) is 10.8. The lowest BCUT2D eigenvalue weighted by Crippen LogP contribution is -2.44. The van der Waals surface area contributed by atoms with Crippen LogP contribution < -0.4 is 5.32 Å².